The third-order valence-electron chi connectivity index (χ3n) is 2.65. The monoisotopic (exact) mass is 314 g/mol. The van der Waals surface area contributed by atoms with Gasteiger partial charge in [0.05, 0.1) is 19.8 Å². The van der Waals surface area contributed by atoms with E-state index in [2.05, 4.69) is 15.9 Å². The fourth-order valence-corrected chi connectivity index (χ4v) is 2.31. The zero-order valence-corrected chi connectivity index (χ0v) is 11.7. The standard InChI is InChI=1S/C13H15BrO4/c1-2-16-13(15)12-11(17-6-7-18-12)9-4-3-5-10(14)8-9/h3-5,8,11-12H,2,6-7H2,1H3. The van der Waals surface area contributed by atoms with Gasteiger partial charge in [0.1, 0.15) is 6.10 Å². The van der Waals surface area contributed by atoms with Crippen molar-refractivity contribution >= 4 is 21.9 Å². The number of ether oxygens (including phenoxy) is 3. The SMILES string of the molecule is CCOC(=O)C1OCCOC1c1cccc(Br)c1. The lowest BCUT2D eigenvalue weighted by atomic mass is 10.0. The van der Waals surface area contributed by atoms with E-state index >= 15 is 0 Å². The zero-order chi connectivity index (χ0) is 13.0. The highest BCUT2D eigenvalue weighted by Gasteiger charge is 2.35. The lowest BCUT2D eigenvalue weighted by molar-refractivity contribution is -0.186. The molecule has 1 aromatic rings. The minimum Gasteiger partial charge on any atom is -0.464 e. The topological polar surface area (TPSA) is 44.8 Å². The van der Waals surface area contributed by atoms with Crippen molar-refractivity contribution in [1.29, 1.82) is 0 Å². The van der Waals surface area contributed by atoms with E-state index in [1.807, 2.05) is 24.3 Å². The Bertz CT molecular complexity index is 421. The van der Waals surface area contributed by atoms with Gasteiger partial charge in [-0.05, 0) is 24.6 Å². The average Bonchev–Trinajstić information content (AvgIpc) is 2.39. The third kappa shape index (κ3) is 3.10. The molecule has 0 bridgehead atoms. The van der Waals surface area contributed by atoms with Crippen LogP contribution in [-0.4, -0.2) is 31.9 Å². The van der Waals surface area contributed by atoms with Crippen molar-refractivity contribution in [3.63, 3.8) is 0 Å². The number of esters is 1. The summed E-state index contributed by atoms with van der Waals surface area (Å²) in [4.78, 5) is 11.8. The number of carbonyl (C=O) groups excluding carboxylic acids is 1. The maximum Gasteiger partial charge on any atom is 0.338 e. The molecule has 1 aliphatic heterocycles. The molecule has 2 atom stereocenters. The Morgan fingerprint density at radius 1 is 1.44 bits per heavy atom. The molecule has 5 heteroatoms. The van der Waals surface area contributed by atoms with E-state index in [0.717, 1.165) is 10.0 Å². The quantitative estimate of drug-likeness (QED) is 0.804. The molecule has 1 heterocycles. The summed E-state index contributed by atoms with van der Waals surface area (Å²) in [5, 5.41) is 0. The number of rotatable bonds is 3. The van der Waals surface area contributed by atoms with Crippen LogP contribution in [0.25, 0.3) is 0 Å². The van der Waals surface area contributed by atoms with Gasteiger partial charge in [-0.15, -0.1) is 0 Å². The summed E-state index contributed by atoms with van der Waals surface area (Å²) in [7, 11) is 0. The van der Waals surface area contributed by atoms with Gasteiger partial charge in [0.25, 0.3) is 0 Å². The van der Waals surface area contributed by atoms with Crippen LogP contribution in [0.1, 0.15) is 18.6 Å². The molecule has 2 unspecified atom stereocenters. The molecule has 1 aliphatic rings. The van der Waals surface area contributed by atoms with E-state index in [1.165, 1.54) is 0 Å². The van der Waals surface area contributed by atoms with Crippen molar-refractivity contribution in [2.45, 2.75) is 19.1 Å². The van der Waals surface area contributed by atoms with Crippen molar-refractivity contribution in [2.24, 2.45) is 0 Å². The van der Waals surface area contributed by atoms with Crippen molar-refractivity contribution in [3.8, 4) is 0 Å². The third-order valence-corrected chi connectivity index (χ3v) is 3.14. The van der Waals surface area contributed by atoms with Gasteiger partial charge >= 0.3 is 5.97 Å². The highest BCUT2D eigenvalue weighted by molar-refractivity contribution is 9.10. The molecule has 0 radical (unpaired) electrons. The summed E-state index contributed by atoms with van der Waals surface area (Å²) >= 11 is 3.40. The van der Waals surface area contributed by atoms with Crippen molar-refractivity contribution in [2.75, 3.05) is 19.8 Å². The molecule has 4 nitrogen and oxygen atoms in total. The van der Waals surface area contributed by atoms with Crippen LogP contribution in [0.4, 0.5) is 0 Å². The smallest absolute Gasteiger partial charge is 0.338 e. The molecule has 2 rings (SSSR count). The zero-order valence-electron chi connectivity index (χ0n) is 10.1. The summed E-state index contributed by atoms with van der Waals surface area (Å²) in [5.41, 5.74) is 0.905. The van der Waals surface area contributed by atoms with Crippen LogP contribution in [0.15, 0.2) is 28.7 Å². The van der Waals surface area contributed by atoms with Gasteiger partial charge in [-0.25, -0.2) is 4.79 Å². The number of hydrogen-bond donors (Lipinski definition) is 0. The molecule has 98 valence electrons. The molecule has 0 N–H and O–H groups in total. The van der Waals surface area contributed by atoms with Crippen molar-refractivity contribution in [3.05, 3.63) is 34.3 Å². The van der Waals surface area contributed by atoms with Crippen LogP contribution < -0.4 is 0 Å². The van der Waals surface area contributed by atoms with Gasteiger partial charge in [-0.1, -0.05) is 28.1 Å². The molecule has 18 heavy (non-hydrogen) atoms. The average molecular weight is 315 g/mol. The molecular formula is C13H15BrO4. The second kappa shape index (κ2) is 6.31. The number of halogens is 1. The van der Waals surface area contributed by atoms with E-state index in [-0.39, 0.29) is 5.97 Å². The van der Waals surface area contributed by atoms with E-state index in [9.17, 15) is 4.79 Å². The second-order valence-electron chi connectivity index (χ2n) is 3.89. The molecule has 1 saturated heterocycles. The molecule has 0 aromatic heterocycles. The minimum absolute atomic E-state index is 0.337. The van der Waals surface area contributed by atoms with Gasteiger partial charge in [-0.2, -0.15) is 0 Å². The van der Waals surface area contributed by atoms with Crippen LogP contribution in [-0.2, 0) is 19.0 Å². The maximum absolute atomic E-state index is 11.8. The molecular weight excluding hydrogens is 300 g/mol. The van der Waals surface area contributed by atoms with Crippen LogP contribution in [0.2, 0.25) is 0 Å². The summed E-state index contributed by atoms with van der Waals surface area (Å²) in [6, 6.07) is 7.66. The van der Waals surface area contributed by atoms with Crippen LogP contribution >= 0.6 is 15.9 Å². The highest BCUT2D eigenvalue weighted by atomic mass is 79.9. The first-order valence-electron chi connectivity index (χ1n) is 5.87. The van der Waals surface area contributed by atoms with Gasteiger partial charge in [0, 0.05) is 4.47 Å². The van der Waals surface area contributed by atoms with E-state index < -0.39 is 12.2 Å². The molecule has 0 saturated carbocycles. The molecule has 1 fully saturated rings. The normalized spacial score (nSPS) is 23.7. The fourth-order valence-electron chi connectivity index (χ4n) is 1.90. The Balaban J connectivity index is 2.20. The van der Waals surface area contributed by atoms with Crippen molar-refractivity contribution < 1.29 is 19.0 Å². The lowest BCUT2D eigenvalue weighted by Gasteiger charge is -2.30. The number of carbonyl (C=O) groups is 1. The Hall–Kier alpha value is -0.910. The van der Waals surface area contributed by atoms with E-state index in [0.29, 0.717) is 19.8 Å². The Labute approximate surface area is 114 Å². The lowest BCUT2D eigenvalue weighted by Crippen LogP contribution is -2.39. The minimum atomic E-state index is -0.687. The largest absolute Gasteiger partial charge is 0.464 e. The van der Waals surface area contributed by atoms with E-state index in [4.69, 9.17) is 14.2 Å². The molecule has 0 aliphatic carbocycles. The van der Waals surface area contributed by atoms with Crippen LogP contribution in [0.3, 0.4) is 0 Å². The first kappa shape index (κ1) is 13.5. The van der Waals surface area contributed by atoms with Gasteiger partial charge in [0.2, 0.25) is 0 Å². The molecule has 0 amide bonds. The predicted molar refractivity (Wildman–Crippen MR) is 69.2 cm³/mol. The number of benzene rings is 1. The Morgan fingerprint density at radius 3 is 2.94 bits per heavy atom. The Morgan fingerprint density at radius 2 is 2.22 bits per heavy atom. The first-order valence-corrected chi connectivity index (χ1v) is 6.67. The molecule has 0 spiro atoms. The summed E-state index contributed by atoms with van der Waals surface area (Å²) < 4.78 is 17.1. The summed E-state index contributed by atoms with van der Waals surface area (Å²) in [6.07, 6.45) is -1.09. The van der Waals surface area contributed by atoms with E-state index in [1.54, 1.807) is 6.92 Å². The van der Waals surface area contributed by atoms with Gasteiger partial charge in [-0.3, -0.25) is 0 Å². The Kier molecular flexibility index (Phi) is 4.74. The summed E-state index contributed by atoms with van der Waals surface area (Å²) in [6.45, 7) is 3.00. The van der Waals surface area contributed by atoms with Crippen LogP contribution in [0.5, 0.6) is 0 Å². The van der Waals surface area contributed by atoms with Crippen LogP contribution in [0, 0.1) is 0 Å². The summed E-state index contributed by atoms with van der Waals surface area (Å²) in [5.74, 6) is -0.373. The maximum atomic E-state index is 11.8. The molecule has 1 aromatic carbocycles. The van der Waals surface area contributed by atoms with Crippen molar-refractivity contribution in [1.82, 2.24) is 0 Å². The van der Waals surface area contributed by atoms with Gasteiger partial charge < -0.3 is 14.2 Å². The predicted octanol–water partition coefficient (Wildman–Crippen LogP) is 2.47. The van der Waals surface area contributed by atoms with Gasteiger partial charge in [0.15, 0.2) is 6.10 Å². The number of hydrogen-bond acceptors (Lipinski definition) is 4. The fraction of sp³-hybridized carbons (Fsp3) is 0.462. The first-order chi connectivity index (χ1) is 8.72. The highest BCUT2D eigenvalue weighted by Crippen LogP contribution is 2.29. The second-order valence-corrected chi connectivity index (χ2v) is 4.81.